The first-order chi connectivity index (χ1) is 21.3. The Morgan fingerprint density at radius 1 is 1.02 bits per heavy atom. The Labute approximate surface area is 257 Å². The zero-order chi connectivity index (χ0) is 32.1. The zero-order valence-electron chi connectivity index (χ0n) is 24.3. The first kappa shape index (κ1) is 30.7. The van der Waals surface area contributed by atoms with E-state index >= 15 is 0 Å². The van der Waals surface area contributed by atoms with Crippen molar-refractivity contribution in [1.82, 2.24) is 14.9 Å². The number of halogens is 3. The Hall–Kier alpha value is -4.29. The average molecular weight is 638 g/mol. The largest absolute Gasteiger partial charge is 0.416 e. The molecule has 0 bridgehead atoms. The predicted molar refractivity (Wildman–Crippen MR) is 160 cm³/mol. The Morgan fingerprint density at radius 3 is 2.40 bits per heavy atom. The van der Waals surface area contributed by atoms with E-state index < -0.39 is 44.6 Å². The average Bonchev–Trinajstić information content (AvgIpc) is 3.85. The van der Waals surface area contributed by atoms with Gasteiger partial charge in [0.05, 0.1) is 33.7 Å². The molecule has 1 saturated carbocycles. The van der Waals surface area contributed by atoms with E-state index in [1.807, 2.05) is 30.3 Å². The summed E-state index contributed by atoms with van der Waals surface area (Å²) in [4.78, 5) is 36.0. The van der Waals surface area contributed by atoms with Gasteiger partial charge in [-0.05, 0) is 72.2 Å². The second-order valence-electron chi connectivity index (χ2n) is 11.7. The molecule has 4 aromatic rings. The first-order valence-electron chi connectivity index (χ1n) is 14.4. The van der Waals surface area contributed by atoms with Crippen molar-refractivity contribution in [3.63, 3.8) is 0 Å². The lowest BCUT2D eigenvalue weighted by Crippen LogP contribution is -2.36. The number of aromatic nitrogens is 2. The summed E-state index contributed by atoms with van der Waals surface area (Å²) >= 11 is 0. The van der Waals surface area contributed by atoms with Crippen LogP contribution in [0.15, 0.2) is 82.5 Å². The number of carbonyl (C=O) groups excluding carboxylic acids is 1. The van der Waals surface area contributed by atoms with Crippen molar-refractivity contribution in [2.45, 2.75) is 54.8 Å². The van der Waals surface area contributed by atoms with Crippen LogP contribution in [-0.4, -0.2) is 47.1 Å². The third-order valence-corrected chi connectivity index (χ3v) is 9.69. The molecule has 1 atom stereocenters. The van der Waals surface area contributed by atoms with Gasteiger partial charge in [-0.3, -0.25) is 9.59 Å². The van der Waals surface area contributed by atoms with Crippen molar-refractivity contribution in [2.24, 2.45) is 0 Å². The number of alkyl halides is 3. The summed E-state index contributed by atoms with van der Waals surface area (Å²) in [6.07, 6.45) is -2.94. The van der Waals surface area contributed by atoms with Gasteiger partial charge in [-0.15, -0.1) is 0 Å². The highest BCUT2D eigenvalue weighted by molar-refractivity contribution is 7.90. The van der Waals surface area contributed by atoms with Crippen LogP contribution in [-0.2, 0) is 39.2 Å². The van der Waals surface area contributed by atoms with Gasteiger partial charge in [-0.1, -0.05) is 48.5 Å². The number of nitrogens with one attached hydrogen (secondary N) is 1. The van der Waals surface area contributed by atoms with E-state index in [2.05, 4.69) is 4.98 Å². The number of fused-ring (bicyclic) bond motifs is 1. The van der Waals surface area contributed by atoms with Crippen LogP contribution < -0.4 is 5.56 Å². The lowest BCUT2D eigenvalue weighted by molar-refractivity contribution is -0.142. The molecule has 1 aromatic heterocycles. The number of aliphatic hydroxyl groups excluding tert-OH is 1. The highest BCUT2D eigenvalue weighted by Gasteiger charge is 2.49. The third kappa shape index (κ3) is 6.04. The number of carbonyl (C=O) groups is 1. The maximum Gasteiger partial charge on any atom is 0.416 e. The molecule has 2 aliphatic rings. The minimum atomic E-state index is -4.62. The van der Waals surface area contributed by atoms with Crippen molar-refractivity contribution in [2.75, 3.05) is 12.8 Å². The van der Waals surface area contributed by atoms with Gasteiger partial charge in [0.1, 0.15) is 5.82 Å². The van der Waals surface area contributed by atoms with Gasteiger partial charge >= 0.3 is 6.18 Å². The minimum Gasteiger partial charge on any atom is -0.378 e. The molecule has 0 saturated heterocycles. The number of aryl methyl sites for hydroxylation is 1. The molecule has 3 aromatic carbocycles. The van der Waals surface area contributed by atoms with E-state index in [0.29, 0.717) is 24.4 Å². The number of rotatable bonds is 6. The molecular weight excluding hydrogens is 607 g/mol. The summed E-state index contributed by atoms with van der Waals surface area (Å²) in [6.45, 7) is 0.0612. The fraction of sp³-hybridized carbons (Fsp3) is 0.303. The molecule has 234 valence electrons. The summed E-state index contributed by atoms with van der Waals surface area (Å²) < 4.78 is 63.8. The molecule has 0 radical (unpaired) electrons. The molecule has 45 heavy (non-hydrogen) atoms. The Kier molecular flexibility index (Phi) is 7.68. The molecule has 8 nitrogen and oxygen atoms in total. The maximum absolute atomic E-state index is 13.4. The van der Waals surface area contributed by atoms with Crippen molar-refractivity contribution in [3.8, 4) is 11.1 Å². The number of hydrogen-bond donors (Lipinski definition) is 2. The van der Waals surface area contributed by atoms with Gasteiger partial charge in [0, 0.05) is 12.8 Å². The molecule has 1 amide bonds. The number of sulfone groups is 1. The molecular formula is C33H30F3N3O5S. The van der Waals surface area contributed by atoms with Crippen LogP contribution in [0.4, 0.5) is 13.2 Å². The maximum atomic E-state index is 13.4. The van der Waals surface area contributed by atoms with Crippen LogP contribution in [0.2, 0.25) is 0 Å². The number of hydrogen-bond acceptors (Lipinski definition) is 6. The standard InChI is InChI=1S/C33H30F3N3O5S/c1-45(43,44)25-11-4-7-21(18-25)20-6-2-9-23(16-20)32(13-14-32)31-37-27-12-5-15-39(19-26(27)29(41)38-31)30(42)28(40)22-8-3-10-24(17-22)33(34,35)36/h2-4,6-11,16-18,28,40H,5,12-15,19H2,1H3,(H,37,38,41)/t28-/m1/s1. The Balaban J connectivity index is 1.27. The van der Waals surface area contributed by atoms with Crippen LogP contribution in [0.1, 0.15) is 59.1 Å². The third-order valence-electron chi connectivity index (χ3n) is 8.58. The number of aromatic amines is 1. The number of benzene rings is 3. The normalized spacial score (nSPS) is 16.9. The van der Waals surface area contributed by atoms with Crippen LogP contribution in [0.5, 0.6) is 0 Å². The monoisotopic (exact) mass is 637 g/mol. The van der Waals surface area contributed by atoms with Crippen LogP contribution in [0, 0.1) is 0 Å². The molecule has 1 aliphatic heterocycles. The molecule has 6 rings (SSSR count). The quantitative estimate of drug-likeness (QED) is 0.309. The number of H-pyrrole nitrogens is 1. The molecule has 0 unspecified atom stereocenters. The molecule has 1 aliphatic carbocycles. The van der Waals surface area contributed by atoms with Gasteiger partial charge in [-0.2, -0.15) is 13.2 Å². The summed E-state index contributed by atoms with van der Waals surface area (Å²) in [5, 5.41) is 10.7. The first-order valence-corrected chi connectivity index (χ1v) is 16.3. The second-order valence-corrected chi connectivity index (χ2v) is 13.7. The molecule has 12 heteroatoms. The molecule has 2 heterocycles. The summed E-state index contributed by atoms with van der Waals surface area (Å²) in [5.41, 5.74) is 1.25. The van der Waals surface area contributed by atoms with Gasteiger partial charge in [0.25, 0.3) is 11.5 Å². The van der Waals surface area contributed by atoms with Gasteiger partial charge in [-0.25, -0.2) is 13.4 Å². The van der Waals surface area contributed by atoms with E-state index in [-0.39, 0.29) is 29.1 Å². The lowest BCUT2D eigenvalue weighted by Gasteiger charge is -2.24. The van der Waals surface area contributed by atoms with Gasteiger partial charge < -0.3 is 15.0 Å². The molecule has 0 spiro atoms. The van der Waals surface area contributed by atoms with Crippen molar-refractivity contribution in [1.29, 1.82) is 0 Å². The highest BCUT2D eigenvalue weighted by Crippen LogP contribution is 2.52. The van der Waals surface area contributed by atoms with Crippen LogP contribution in [0.3, 0.4) is 0 Å². The fourth-order valence-electron chi connectivity index (χ4n) is 5.93. The summed E-state index contributed by atoms with van der Waals surface area (Å²) in [6, 6.07) is 18.5. The Morgan fingerprint density at radius 2 is 1.71 bits per heavy atom. The zero-order valence-corrected chi connectivity index (χ0v) is 25.1. The summed E-state index contributed by atoms with van der Waals surface area (Å²) in [7, 11) is -3.38. The van der Waals surface area contributed by atoms with Crippen molar-refractivity contribution >= 4 is 15.7 Å². The highest BCUT2D eigenvalue weighted by atomic mass is 32.2. The van der Waals surface area contributed by atoms with E-state index in [1.165, 1.54) is 11.0 Å². The van der Waals surface area contributed by atoms with E-state index in [0.717, 1.165) is 54.0 Å². The van der Waals surface area contributed by atoms with E-state index in [9.17, 15) is 36.3 Å². The van der Waals surface area contributed by atoms with Gasteiger partial charge in [0.15, 0.2) is 15.9 Å². The lowest BCUT2D eigenvalue weighted by atomic mass is 9.91. The van der Waals surface area contributed by atoms with E-state index in [4.69, 9.17) is 4.98 Å². The van der Waals surface area contributed by atoms with Crippen molar-refractivity contribution in [3.05, 3.63) is 117 Å². The molecule has 1 fully saturated rings. The fourth-order valence-corrected chi connectivity index (χ4v) is 6.59. The van der Waals surface area contributed by atoms with E-state index in [1.54, 1.807) is 18.2 Å². The van der Waals surface area contributed by atoms with Gasteiger partial charge in [0.2, 0.25) is 0 Å². The summed E-state index contributed by atoms with van der Waals surface area (Å²) in [5.74, 6) is -0.280. The SMILES string of the molecule is CS(=O)(=O)c1cccc(-c2cccc(C3(c4nc5c(c(=O)[nH]4)CN(C(=O)[C@H](O)c4cccc(C(F)(F)F)c4)CCC5)CC3)c2)c1. The topological polar surface area (TPSA) is 120 Å². The number of nitrogens with zero attached hydrogens (tertiary/aromatic N) is 2. The Bertz CT molecular complexity index is 1970. The van der Waals surface area contributed by atoms with Crippen LogP contribution >= 0.6 is 0 Å². The van der Waals surface area contributed by atoms with Crippen LogP contribution in [0.25, 0.3) is 11.1 Å². The molecule has 2 N–H and O–H groups in total. The predicted octanol–water partition coefficient (Wildman–Crippen LogP) is 4.95. The van der Waals surface area contributed by atoms with Crippen molar-refractivity contribution < 1.29 is 31.5 Å². The minimum absolute atomic E-state index is 0.133. The number of aliphatic hydroxyl groups is 1. The smallest absolute Gasteiger partial charge is 0.378 e. The number of amides is 1. The second kappa shape index (κ2) is 11.3.